The number of methoxy groups -OCH3 is 1. The Bertz CT molecular complexity index is 835. The Labute approximate surface area is 159 Å². The molecule has 0 aromatic heterocycles. The Morgan fingerprint density at radius 3 is 2.54 bits per heavy atom. The van der Waals surface area contributed by atoms with Gasteiger partial charge in [-0.1, -0.05) is 29.8 Å². The number of carbonyl (C=O) groups excluding carboxylic acids is 1. The van der Waals surface area contributed by atoms with Gasteiger partial charge in [-0.15, -0.1) is 0 Å². The molecule has 0 heterocycles. The van der Waals surface area contributed by atoms with Crippen LogP contribution in [0.3, 0.4) is 0 Å². The molecule has 1 N–H and O–H groups in total. The number of hydrogen-bond acceptors (Lipinski definition) is 4. The first-order valence-electron chi connectivity index (χ1n) is 8.29. The lowest BCUT2D eigenvalue weighted by Gasteiger charge is -2.07. The molecule has 0 spiro atoms. The quantitative estimate of drug-likeness (QED) is 0.661. The zero-order chi connectivity index (χ0) is 19.0. The van der Waals surface area contributed by atoms with Gasteiger partial charge in [0.05, 0.1) is 17.8 Å². The summed E-state index contributed by atoms with van der Waals surface area (Å²) in [5.74, 6) is 0.297. The van der Waals surface area contributed by atoms with Crippen molar-refractivity contribution in [3.8, 4) is 5.75 Å². The van der Waals surface area contributed by atoms with E-state index in [1.165, 1.54) is 12.1 Å². The Kier molecular flexibility index (Phi) is 7.48. The van der Waals surface area contributed by atoms with Crippen LogP contribution in [0.4, 0.5) is 0 Å². The van der Waals surface area contributed by atoms with Crippen molar-refractivity contribution in [3.63, 3.8) is 0 Å². The monoisotopic (exact) mass is 395 g/mol. The molecule has 2 aromatic rings. The maximum Gasteiger partial charge on any atom is 0.221 e. The maximum absolute atomic E-state index is 12.2. The molecule has 26 heavy (non-hydrogen) atoms. The number of ether oxygens (including phenoxy) is 1. The smallest absolute Gasteiger partial charge is 0.221 e. The van der Waals surface area contributed by atoms with E-state index in [9.17, 15) is 13.2 Å². The third-order valence-electron chi connectivity index (χ3n) is 3.88. The number of sulfone groups is 1. The standard InChI is InChI=1S/C19H22ClNO4S/c1-25-17-9-7-15(8-10-17)4-3-12-21-19(22)11-13-26(23,24)18-6-2-5-16(20)14-18/h2,5-10,14H,3-4,11-13H2,1H3,(H,21,22). The molecule has 1 amide bonds. The predicted octanol–water partition coefficient (Wildman–Crippen LogP) is 3.26. The fraction of sp³-hybridized carbons (Fsp3) is 0.316. The van der Waals surface area contributed by atoms with Crippen molar-refractivity contribution in [2.45, 2.75) is 24.2 Å². The van der Waals surface area contributed by atoms with Gasteiger partial charge in [-0.3, -0.25) is 4.79 Å². The molecular weight excluding hydrogens is 374 g/mol. The molecule has 0 saturated heterocycles. The minimum absolute atomic E-state index is 0.0720. The lowest BCUT2D eigenvalue weighted by Crippen LogP contribution is -2.26. The minimum Gasteiger partial charge on any atom is -0.497 e. The summed E-state index contributed by atoms with van der Waals surface area (Å²) in [6.07, 6.45) is 1.53. The van der Waals surface area contributed by atoms with E-state index >= 15 is 0 Å². The number of amides is 1. The van der Waals surface area contributed by atoms with E-state index in [-0.39, 0.29) is 23.0 Å². The highest BCUT2D eigenvalue weighted by atomic mass is 35.5. The normalized spacial score (nSPS) is 11.2. The van der Waals surface area contributed by atoms with Gasteiger partial charge in [0.25, 0.3) is 0 Å². The molecule has 0 fully saturated rings. The molecule has 0 aliphatic heterocycles. The van der Waals surface area contributed by atoms with Gasteiger partial charge in [-0.05, 0) is 48.7 Å². The Morgan fingerprint density at radius 2 is 1.88 bits per heavy atom. The van der Waals surface area contributed by atoms with E-state index in [2.05, 4.69) is 5.32 Å². The number of rotatable bonds is 9. The number of nitrogens with one attached hydrogen (secondary N) is 1. The van der Waals surface area contributed by atoms with Gasteiger partial charge in [0.15, 0.2) is 9.84 Å². The van der Waals surface area contributed by atoms with E-state index in [0.29, 0.717) is 11.6 Å². The molecule has 0 unspecified atom stereocenters. The van der Waals surface area contributed by atoms with Crippen LogP contribution >= 0.6 is 11.6 Å². The van der Waals surface area contributed by atoms with Crippen LogP contribution in [0.15, 0.2) is 53.4 Å². The van der Waals surface area contributed by atoms with Crippen molar-refractivity contribution in [2.24, 2.45) is 0 Å². The summed E-state index contributed by atoms with van der Waals surface area (Å²) in [4.78, 5) is 12.0. The molecule has 7 heteroatoms. The molecule has 0 aliphatic carbocycles. The highest BCUT2D eigenvalue weighted by Gasteiger charge is 2.16. The first-order valence-corrected chi connectivity index (χ1v) is 10.3. The molecular formula is C19H22ClNO4S. The molecule has 0 aliphatic rings. The maximum atomic E-state index is 12.2. The van der Waals surface area contributed by atoms with Crippen LogP contribution in [0.2, 0.25) is 5.02 Å². The van der Waals surface area contributed by atoms with Crippen LogP contribution in [0.5, 0.6) is 5.75 Å². The predicted molar refractivity (Wildman–Crippen MR) is 102 cm³/mol. The van der Waals surface area contributed by atoms with Crippen molar-refractivity contribution in [2.75, 3.05) is 19.4 Å². The number of hydrogen-bond donors (Lipinski definition) is 1. The molecule has 140 valence electrons. The number of carbonyl (C=O) groups is 1. The van der Waals surface area contributed by atoms with Gasteiger partial charge in [0.1, 0.15) is 5.75 Å². The van der Waals surface area contributed by atoms with Crippen LogP contribution in [-0.2, 0) is 21.1 Å². The minimum atomic E-state index is -3.52. The zero-order valence-corrected chi connectivity index (χ0v) is 16.1. The van der Waals surface area contributed by atoms with Crippen LogP contribution in [-0.4, -0.2) is 33.7 Å². The third-order valence-corrected chi connectivity index (χ3v) is 5.83. The van der Waals surface area contributed by atoms with Crippen LogP contribution in [0, 0.1) is 0 Å². The highest BCUT2D eigenvalue weighted by molar-refractivity contribution is 7.91. The fourth-order valence-corrected chi connectivity index (χ4v) is 3.94. The molecule has 2 aromatic carbocycles. The largest absolute Gasteiger partial charge is 0.497 e. The zero-order valence-electron chi connectivity index (χ0n) is 14.6. The summed E-state index contributed by atoms with van der Waals surface area (Å²) >= 11 is 5.81. The molecule has 2 rings (SSSR count). The second-order valence-electron chi connectivity index (χ2n) is 5.83. The summed E-state index contributed by atoms with van der Waals surface area (Å²) in [7, 11) is -1.89. The van der Waals surface area contributed by atoms with Crippen molar-refractivity contribution < 1.29 is 17.9 Å². The second-order valence-corrected chi connectivity index (χ2v) is 8.37. The molecule has 0 bridgehead atoms. The first-order chi connectivity index (χ1) is 12.4. The van der Waals surface area contributed by atoms with Crippen molar-refractivity contribution in [3.05, 3.63) is 59.1 Å². The van der Waals surface area contributed by atoms with E-state index in [4.69, 9.17) is 16.3 Å². The van der Waals surface area contributed by atoms with Crippen molar-refractivity contribution in [1.82, 2.24) is 5.32 Å². The lowest BCUT2D eigenvalue weighted by atomic mass is 10.1. The van der Waals surface area contributed by atoms with Crippen LogP contribution in [0.1, 0.15) is 18.4 Å². The average Bonchev–Trinajstić information content (AvgIpc) is 2.64. The summed E-state index contributed by atoms with van der Waals surface area (Å²) in [6.45, 7) is 0.502. The topological polar surface area (TPSA) is 72.5 Å². The van der Waals surface area contributed by atoms with Gasteiger partial charge < -0.3 is 10.1 Å². The van der Waals surface area contributed by atoms with Crippen LogP contribution in [0.25, 0.3) is 0 Å². The molecule has 0 saturated carbocycles. The summed E-state index contributed by atoms with van der Waals surface area (Å²) < 4.78 is 29.5. The summed E-state index contributed by atoms with van der Waals surface area (Å²) in [5, 5.41) is 3.11. The fourth-order valence-electron chi connectivity index (χ4n) is 2.41. The van der Waals surface area contributed by atoms with Gasteiger partial charge in [0.2, 0.25) is 5.91 Å². The molecule has 5 nitrogen and oxygen atoms in total. The lowest BCUT2D eigenvalue weighted by molar-refractivity contribution is -0.120. The highest BCUT2D eigenvalue weighted by Crippen LogP contribution is 2.17. The Hall–Kier alpha value is -2.05. The van der Waals surface area contributed by atoms with E-state index in [0.717, 1.165) is 24.2 Å². The van der Waals surface area contributed by atoms with Gasteiger partial charge in [-0.2, -0.15) is 0 Å². The number of halogens is 1. The van der Waals surface area contributed by atoms with Crippen molar-refractivity contribution >= 4 is 27.3 Å². The van der Waals surface area contributed by atoms with E-state index in [1.807, 2.05) is 24.3 Å². The molecule has 0 radical (unpaired) electrons. The van der Waals surface area contributed by atoms with Gasteiger partial charge in [-0.25, -0.2) is 8.42 Å². The second kappa shape index (κ2) is 9.59. The Morgan fingerprint density at radius 1 is 1.15 bits per heavy atom. The first kappa shape index (κ1) is 20.3. The summed E-state index contributed by atoms with van der Waals surface area (Å²) in [6, 6.07) is 13.8. The van der Waals surface area contributed by atoms with E-state index < -0.39 is 9.84 Å². The SMILES string of the molecule is COc1ccc(CCCNC(=O)CCS(=O)(=O)c2cccc(Cl)c2)cc1. The van der Waals surface area contributed by atoms with Gasteiger partial charge >= 0.3 is 0 Å². The third kappa shape index (κ3) is 6.35. The average molecular weight is 396 g/mol. The van der Waals surface area contributed by atoms with E-state index in [1.54, 1.807) is 19.2 Å². The summed E-state index contributed by atoms with van der Waals surface area (Å²) in [5.41, 5.74) is 1.16. The van der Waals surface area contributed by atoms with Gasteiger partial charge in [0, 0.05) is 18.0 Å². The van der Waals surface area contributed by atoms with Crippen LogP contribution < -0.4 is 10.1 Å². The number of benzene rings is 2. The van der Waals surface area contributed by atoms with Crippen molar-refractivity contribution in [1.29, 1.82) is 0 Å². The number of aryl methyl sites for hydroxylation is 1. The Balaban J connectivity index is 1.71. The molecule has 0 atom stereocenters.